The molecule has 0 bridgehead atoms. The number of nitrogens with zero attached hydrogens (tertiary/aromatic N) is 2. The molecule has 0 radical (unpaired) electrons. The summed E-state index contributed by atoms with van der Waals surface area (Å²) in [6.07, 6.45) is 6.35. The van der Waals surface area contributed by atoms with Crippen LogP contribution < -0.4 is 4.74 Å². The topological polar surface area (TPSA) is 32.8 Å². The van der Waals surface area contributed by atoms with Crippen molar-refractivity contribution in [2.24, 2.45) is 0 Å². The number of benzene rings is 2. The molecular formula is C24H30N2O2. The summed E-state index contributed by atoms with van der Waals surface area (Å²) in [7, 11) is 1.62. The monoisotopic (exact) mass is 378 g/mol. The molecule has 0 unspecified atom stereocenters. The Morgan fingerprint density at radius 1 is 0.857 bits per heavy atom. The lowest BCUT2D eigenvalue weighted by atomic mass is 9.75. The standard InChI is InChI=1S/C24H30N2O2/c1-28-22-13-7-6-12-21(22)23(27)25-16-18-26(19-17-25)24(14-8-3-9-15-24)20-10-4-2-5-11-20/h2,4-7,10-13H,3,8-9,14-19H2,1H3. The van der Waals surface area contributed by atoms with Crippen LogP contribution in [0.5, 0.6) is 5.75 Å². The van der Waals surface area contributed by atoms with E-state index in [1.54, 1.807) is 7.11 Å². The second kappa shape index (κ2) is 8.36. The zero-order valence-electron chi connectivity index (χ0n) is 16.8. The minimum atomic E-state index is 0.0782. The van der Waals surface area contributed by atoms with Crippen molar-refractivity contribution in [3.63, 3.8) is 0 Å². The number of methoxy groups -OCH3 is 1. The molecule has 4 rings (SSSR count). The number of hydrogen-bond donors (Lipinski definition) is 0. The molecule has 1 saturated heterocycles. The van der Waals surface area contributed by atoms with Crippen LogP contribution in [0.4, 0.5) is 0 Å². The Bertz CT molecular complexity index is 791. The average Bonchev–Trinajstić information content (AvgIpc) is 2.79. The van der Waals surface area contributed by atoms with Gasteiger partial charge in [0, 0.05) is 31.7 Å². The fraction of sp³-hybridized carbons (Fsp3) is 0.458. The molecule has 28 heavy (non-hydrogen) atoms. The highest BCUT2D eigenvalue weighted by Crippen LogP contribution is 2.42. The van der Waals surface area contributed by atoms with Gasteiger partial charge in [-0.05, 0) is 30.5 Å². The SMILES string of the molecule is COc1ccccc1C(=O)N1CCN(C2(c3ccccc3)CCCCC2)CC1. The maximum absolute atomic E-state index is 13.0. The minimum Gasteiger partial charge on any atom is -0.496 e. The Morgan fingerprint density at radius 2 is 1.50 bits per heavy atom. The minimum absolute atomic E-state index is 0.0782. The highest BCUT2D eigenvalue weighted by Gasteiger charge is 2.41. The summed E-state index contributed by atoms with van der Waals surface area (Å²) in [5.41, 5.74) is 2.24. The van der Waals surface area contributed by atoms with Crippen LogP contribution in [0.15, 0.2) is 54.6 Å². The molecule has 1 heterocycles. The van der Waals surface area contributed by atoms with Crippen molar-refractivity contribution in [3.8, 4) is 5.75 Å². The van der Waals surface area contributed by atoms with E-state index in [1.807, 2.05) is 29.2 Å². The van der Waals surface area contributed by atoms with E-state index in [1.165, 1.54) is 37.7 Å². The predicted octanol–water partition coefficient (Wildman–Crippen LogP) is 4.31. The van der Waals surface area contributed by atoms with Crippen molar-refractivity contribution in [3.05, 3.63) is 65.7 Å². The van der Waals surface area contributed by atoms with Gasteiger partial charge in [-0.1, -0.05) is 61.7 Å². The molecule has 2 aromatic carbocycles. The summed E-state index contributed by atoms with van der Waals surface area (Å²) in [5.74, 6) is 0.734. The number of para-hydroxylation sites is 1. The molecule has 4 heteroatoms. The molecular weight excluding hydrogens is 348 g/mol. The van der Waals surface area contributed by atoms with Crippen LogP contribution in [0.1, 0.15) is 48.0 Å². The quantitative estimate of drug-likeness (QED) is 0.795. The Morgan fingerprint density at radius 3 is 2.18 bits per heavy atom. The van der Waals surface area contributed by atoms with Gasteiger partial charge in [0.15, 0.2) is 0 Å². The van der Waals surface area contributed by atoms with E-state index >= 15 is 0 Å². The fourth-order valence-corrected chi connectivity index (χ4v) is 5.00. The van der Waals surface area contributed by atoms with Gasteiger partial charge in [-0.25, -0.2) is 0 Å². The summed E-state index contributed by atoms with van der Waals surface area (Å²) in [4.78, 5) is 17.7. The van der Waals surface area contributed by atoms with Crippen LogP contribution in [-0.2, 0) is 5.54 Å². The van der Waals surface area contributed by atoms with Crippen molar-refractivity contribution in [1.82, 2.24) is 9.80 Å². The van der Waals surface area contributed by atoms with Gasteiger partial charge in [-0.15, -0.1) is 0 Å². The Kier molecular flexibility index (Phi) is 5.67. The van der Waals surface area contributed by atoms with Crippen LogP contribution in [-0.4, -0.2) is 49.0 Å². The molecule has 1 aliphatic carbocycles. The van der Waals surface area contributed by atoms with Crippen molar-refractivity contribution in [2.75, 3.05) is 33.3 Å². The molecule has 0 N–H and O–H groups in total. The van der Waals surface area contributed by atoms with Crippen molar-refractivity contribution < 1.29 is 9.53 Å². The van der Waals surface area contributed by atoms with E-state index in [0.717, 1.165) is 26.2 Å². The second-order valence-corrected chi connectivity index (χ2v) is 7.94. The van der Waals surface area contributed by atoms with Crippen LogP contribution in [0.3, 0.4) is 0 Å². The fourth-order valence-electron chi connectivity index (χ4n) is 5.00. The van der Waals surface area contributed by atoms with Gasteiger partial charge < -0.3 is 9.64 Å². The molecule has 2 fully saturated rings. The van der Waals surface area contributed by atoms with E-state index in [2.05, 4.69) is 35.2 Å². The molecule has 1 aliphatic heterocycles. The van der Waals surface area contributed by atoms with E-state index in [9.17, 15) is 4.79 Å². The summed E-state index contributed by atoms with van der Waals surface area (Å²) in [5, 5.41) is 0. The average molecular weight is 379 g/mol. The summed E-state index contributed by atoms with van der Waals surface area (Å²) in [6, 6.07) is 18.5. The molecule has 1 saturated carbocycles. The lowest BCUT2D eigenvalue weighted by Crippen LogP contribution is -2.57. The van der Waals surface area contributed by atoms with Crippen LogP contribution in [0.2, 0.25) is 0 Å². The van der Waals surface area contributed by atoms with E-state index in [0.29, 0.717) is 11.3 Å². The first kappa shape index (κ1) is 19.0. The van der Waals surface area contributed by atoms with Gasteiger partial charge in [0.2, 0.25) is 0 Å². The molecule has 4 nitrogen and oxygen atoms in total. The summed E-state index contributed by atoms with van der Waals surface area (Å²) < 4.78 is 5.39. The van der Waals surface area contributed by atoms with Crippen LogP contribution >= 0.6 is 0 Å². The van der Waals surface area contributed by atoms with Gasteiger partial charge in [0.1, 0.15) is 5.75 Å². The molecule has 0 aromatic heterocycles. The Balaban J connectivity index is 1.50. The van der Waals surface area contributed by atoms with Crippen LogP contribution in [0, 0.1) is 0 Å². The van der Waals surface area contributed by atoms with Crippen molar-refractivity contribution >= 4 is 5.91 Å². The molecule has 148 valence electrons. The maximum Gasteiger partial charge on any atom is 0.257 e. The Labute approximate surface area is 168 Å². The molecule has 2 aliphatic rings. The summed E-state index contributed by atoms with van der Waals surface area (Å²) >= 11 is 0. The van der Waals surface area contributed by atoms with Gasteiger partial charge in [0.25, 0.3) is 5.91 Å². The highest BCUT2D eigenvalue weighted by molar-refractivity contribution is 5.97. The third-order valence-electron chi connectivity index (χ3n) is 6.50. The first-order chi connectivity index (χ1) is 13.7. The zero-order chi connectivity index (χ0) is 19.4. The number of piperazine rings is 1. The number of amides is 1. The van der Waals surface area contributed by atoms with Gasteiger partial charge in [0.05, 0.1) is 12.7 Å². The zero-order valence-corrected chi connectivity index (χ0v) is 16.8. The number of ether oxygens (including phenoxy) is 1. The first-order valence-electron chi connectivity index (χ1n) is 10.5. The Hall–Kier alpha value is -2.33. The highest BCUT2D eigenvalue weighted by atomic mass is 16.5. The van der Waals surface area contributed by atoms with Crippen LogP contribution in [0.25, 0.3) is 0 Å². The predicted molar refractivity (Wildman–Crippen MR) is 112 cm³/mol. The number of hydrogen-bond acceptors (Lipinski definition) is 3. The number of carbonyl (C=O) groups is 1. The third-order valence-corrected chi connectivity index (χ3v) is 6.50. The molecule has 1 amide bonds. The first-order valence-corrected chi connectivity index (χ1v) is 10.5. The second-order valence-electron chi connectivity index (χ2n) is 7.94. The van der Waals surface area contributed by atoms with Crippen molar-refractivity contribution in [2.45, 2.75) is 37.6 Å². The van der Waals surface area contributed by atoms with Gasteiger partial charge in [-0.3, -0.25) is 9.69 Å². The maximum atomic E-state index is 13.0. The normalized spacial score (nSPS) is 20.0. The smallest absolute Gasteiger partial charge is 0.257 e. The lowest BCUT2D eigenvalue weighted by Gasteiger charge is -2.50. The van der Waals surface area contributed by atoms with E-state index < -0.39 is 0 Å². The van der Waals surface area contributed by atoms with Crippen molar-refractivity contribution in [1.29, 1.82) is 0 Å². The van der Waals surface area contributed by atoms with Gasteiger partial charge in [-0.2, -0.15) is 0 Å². The molecule has 0 spiro atoms. The van der Waals surface area contributed by atoms with E-state index in [4.69, 9.17) is 4.74 Å². The number of carbonyl (C=O) groups excluding carboxylic acids is 1. The van der Waals surface area contributed by atoms with Gasteiger partial charge >= 0.3 is 0 Å². The third kappa shape index (κ3) is 3.53. The summed E-state index contributed by atoms with van der Waals surface area (Å²) in [6.45, 7) is 3.39. The number of rotatable bonds is 4. The molecule has 0 atom stereocenters. The lowest BCUT2D eigenvalue weighted by molar-refractivity contribution is 0.00554. The largest absolute Gasteiger partial charge is 0.496 e. The molecule has 2 aromatic rings. The van der Waals surface area contributed by atoms with E-state index in [-0.39, 0.29) is 11.4 Å².